The molecule has 0 amide bonds. The fourth-order valence-electron chi connectivity index (χ4n) is 1.51. The van der Waals surface area contributed by atoms with Gasteiger partial charge in [0.15, 0.2) is 0 Å². The molecular formula is C10H24N2. The van der Waals surface area contributed by atoms with E-state index in [1.54, 1.807) is 0 Å². The lowest BCUT2D eigenvalue weighted by molar-refractivity contribution is 0.172. The minimum Gasteiger partial charge on any atom is -0.330 e. The molecule has 0 saturated carbocycles. The molecule has 0 bridgehead atoms. The van der Waals surface area contributed by atoms with Crippen molar-refractivity contribution >= 4 is 0 Å². The van der Waals surface area contributed by atoms with E-state index < -0.39 is 0 Å². The average Bonchev–Trinajstić information content (AvgIpc) is 2.14. The maximum absolute atomic E-state index is 5.81. The minimum atomic E-state index is 0.352. The van der Waals surface area contributed by atoms with E-state index in [1.807, 2.05) is 0 Å². The molecule has 12 heavy (non-hydrogen) atoms. The second-order valence-electron chi connectivity index (χ2n) is 3.74. The Balaban J connectivity index is 4.09. The normalized spacial score (nSPS) is 12.5. The predicted octanol–water partition coefficient (Wildman–Crippen LogP) is 1.70. The van der Waals surface area contributed by atoms with Crippen molar-refractivity contribution < 1.29 is 0 Å². The molecule has 0 unspecified atom stereocenters. The van der Waals surface area contributed by atoms with Crippen LogP contribution in [0, 0.1) is 5.41 Å². The fourth-order valence-corrected chi connectivity index (χ4v) is 1.51. The lowest BCUT2D eigenvalue weighted by Gasteiger charge is -2.34. The van der Waals surface area contributed by atoms with Crippen LogP contribution in [-0.2, 0) is 0 Å². The number of hydrogen-bond donors (Lipinski definition) is 1. The molecule has 0 aliphatic carbocycles. The Labute approximate surface area is 77.1 Å². The molecule has 0 saturated heterocycles. The SMILES string of the molecule is CCN(C)CC(CC)(CC)CN. The lowest BCUT2D eigenvalue weighted by Crippen LogP contribution is -2.40. The van der Waals surface area contributed by atoms with Crippen LogP contribution < -0.4 is 5.73 Å². The molecule has 0 aromatic heterocycles. The molecular weight excluding hydrogens is 148 g/mol. The van der Waals surface area contributed by atoms with Gasteiger partial charge in [-0.1, -0.05) is 20.8 Å². The molecule has 0 aromatic carbocycles. The van der Waals surface area contributed by atoms with E-state index in [4.69, 9.17) is 5.73 Å². The summed E-state index contributed by atoms with van der Waals surface area (Å²) in [5, 5.41) is 0. The largest absolute Gasteiger partial charge is 0.330 e. The van der Waals surface area contributed by atoms with E-state index in [-0.39, 0.29) is 0 Å². The quantitative estimate of drug-likeness (QED) is 0.661. The molecule has 2 nitrogen and oxygen atoms in total. The Bertz CT molecular complexity index is 100. The van der Waals surface area contributed by atoms with Gasteiger partial charge in [0.1, 0.15) is 0 Å². The molecule has 0 fully saturated rings. The van der Waals surface area contributed by atoms with Crippen LogP contribution in [0.3, 0.4) is 0 Å². The highest BCUT2D eigenvalue weighted by Gasteiger charge is 2.25. The van der Waals surface area contributed by atoms with Crippen LogP contribution in [-0.4, -0.2) is 31.6 Å². The third kappa shape index (κ3) is 3.11. The van der Waals surface area contributed by atoms with E-state index in [0.29, 0.717) is 5.41 Å². The van der Waals surface area contributed by atoms with Crippen LogP contribution in [0.15, 0.2) is 0 Å². The fraction of sp³-hybridized carbons (Fsp3) is 1.00. The maximum Gasteiger partial charge on any atom is 0.00467 e. The van der Waals surface area contributed by atoms with Gasteiger partial charge in [0, 0.05) is 6.54 Å². The zero-order chi connectivity index (χ0) is 9.61. The Morgan fingerprint density at radius 1 is 1.17 bits per heavy atom. The smallest absolute Gasteiger partial charge is 0.00467 e. The maximum atomic E-state index is 5.81. The summed E-state index contributed by atoms with van der Waals surface area (Å²) >= 11 is 0. The van der Waals surface area contributed by atoms with Gasteiger partial charge in [-0.05, 0) is 38.4 Å². The molecule has 0 radical (unpaired) electrons. The van der Waals surface area contributed by atoms with Crippen molar-refractivity contribution in [1.29, 1.82) is 0 Å². The van der Waals surface area contributed by atoms with Gasteiger partial charge in [-0.25, -0.2) is 0 Å². The van der Waals surface area contributed by atoms with Gasteiger partial charge < -0.3 is 10.6 Å². The van der Waals surface area contributed by atoms with Crippen LogP contribution in [0.4, 0.5) is 0 Å². The molecule has 2 heteroatoms. The topological polar surface area (TPSA) is 29.3 Å². The van der Waals surface area contributed by atoms with Gasteiger partial charge in [-0.3, -0.25) is 0 Å². The number of nitrogens with two attached hydrogens (primary N) is 1. The van der Waals surface area contributed by atoms with Gasteiger partial charge in [-0.2, -0.15) is 0 Å². The summed E-state index contributed by atoms with van der Waals surface area (Å²) in [4.78, 5) is 2.35. The van der Waals surface area contributed by atoms with Crippen molar-refractivity contribution in [3.8, 4) is 0 Å². The molecule has 74 valence electrons. The van der Waals surface area contributed by atoms with E-state index in [0.717, 1.165) is 19.6 Å². The van der Waals surface area contributed by atoms with Crippen molar-refractivity contribution in [2.24, 2.45) is 11.1 Å². The van der Waals surface area contributed by atoms with Gasteiger partial charge in [0.05, 0.1) is 0 Å². The zero-order valence-electron chi connectivity index (χ0n) is 9.06. The van der Waals surface area contributed by atoms with Crippen molar-refractivity contribution in [1.82, 2.24) is 4.90 Å². The van der Waals surface area contributed by atoms with Crippen LogP contribution in [0.2, 0.25) is 0 Å². The van der Waals surface area contributed by atoms with Gasteiger partial charge in [0.25, 0.3) is 0 Å². The first-order valence-corrected chi connectivity index (χ1v) is 5.02. The molecule has 0 heterocycles. The van der Waals surface area contributed by atoms with Crippen LogP contribution in [0.25, 0.3) is 0 Å². The van der Waals surface area contributed by atoms with Crippen molar-refractivity contribution in [2.45, 2.75) is 33.6 Å². The lowest BCUT2D eigenvalue weighted by atomic mass is 9.82. The summed E-state index contributed by atoms with van der Waals surface area (Å²) in [5.74, 6) is 0. The number of hydrogen-bond acceptors (Lipinski definition) is 2. The molecule has 0 atom stereocenters. The van der Waals surface area contributed by atoms with Crippen LogP contribution in [0.5, 0.6) is 0 Å². The minimum absolute atomic E-state index is 0.352. The van der Waals surface area contributed by atoms with E-state index in [1.165, 1.54) is 12.8 Å². The third-order valence-corrected chi connectivity index (χ3v) is 3.08. The average molecular weight is 172 g/mol. The Morgan fingerprint density at radius 2 is 1.67 bits per heavy atom. The van der Waals surface area contributed by atoms with Crippen LogP contribution >= 0.6 is 0 Å². The van der Waals surface area contributed by atoms with Crippen molar-refractivity contribution in [2.75, 3.05) is 26.7 Å². The second kappa shape index (κ2) is 5.55. The third-order valence-electron chi connectivity index (χ3n) is 3.08. The highest BCUT2D eigenvalue weighted by Crippen LogP contribution is 2.25. The van der Waals surface area contributed by atoms with Gasteiger partial charge in [0.2, 0.25) is 0 Å². The summed E-state index contributed by atoms with van der Waals surface area (Å²) in [6, 6.07) is 0. The molecule has 0 aliphatic heterocycles. The van der Waals surface area contributed by atoms with E-state index in [9.17, 15) is 0 Å². The first-order valence-electron chi connectivity index (χ1n) is 5.02. The standard InChI is InChI=1S/C10H24N2/c1-5-10(6-2,8-11)9-12(4)7-3/h5-9,11H2,1-4H3. The number of nitrogens with zero attached hydrogens (tertiary/aromatic N) is 1. The van der Waals surface area contributed by atoms with Crippen molar-refractivity contribution in [3.63, 3.8) is 0 Å². The second-order valence-corrected chi connectivity index (χ2v) is 3.74. The van der Waals surface area contributed by atoms with E-state index >= 15 is 0 Å². The monoisotopic (exact) mass is 172 g/mol. The highest BCUT2D eigenvalue weighted by atomic mass is 15.1. The Morgan fingerprint density at radius 3 is 1.92 bits per heavy atom. The first kappa shape index (κ1) is 11.9. The molecule has 2 N–H and O–H groups in total. The van der Waals surface area contributed by atoms with Crippen LogP contribution in [0.1, 0.15) is 33.6 Å². The summed E-state index contributed by atoms with van der Waals surface area (Å²) in [6.45, 7) is 9.71. The van der Waals surface area contributed by atoms with Crippen molar-refractivity contribution in [3.05, 3.63) is 0 Å². The molecule has 0 rings (SSSR count). The van der Waals surface area contributed by atoms with Gasteiger partial charge >= 0.3 is 0 Å². The highest BCUT2D eigenvalue weighted by molar-refractivity contribution is 4.80. The first-order chi connectivity index (χ1) is 5.64. The summed E-state index contributed by atoms with van der Waals surface area (Å²) in [7, 11) is 2.16. The summed E-state index contributed by atoms with van der Waals surface area (Å²) < 4.78 is 0. The molecule has 0 aliphatic rings. The Hall–Kier alpha value is -0.0800. The predicted molar refractivity (Wildman–Crippen MR) is 55.2 cm³/mol. The summed E-state index contributed by atoms with van der Waals surface area (Å²) in [5.41, 5.74) is 6.16. The molecule has 0 aromatic rings. The Kier molecular flexibility index (Phi) is 5.51. The van der Waals surface area contributed by atoms with Gasteiger partial charge in [-0.15, -0.1) is 0 Å². The van der Waals surface area contributed by atoms with E-state index in [2.05, 4.69) is 32.7 Å². The molecule has 0 spiro atoms. The summed E-state index contributed by atoms with van der Waals surface area (Å²) in [6.07, 6.45) is 2.37. The zero-order valence-corrected chi connectivity index (χ0v) is 9.06. The number of rotatable bonds is 6.